The molecule has 0 bridgehead atoms. The lowest BCUT2D eigenvalue weighted by Gasteiger charge is -2.17. The number of cyclic esters (lactones) is 1. The number of benzene rings is 2. The molecule has 0 unspecified atom stereocenters. The zero-order valence-electron chi connectivity index (χ0n) is 12.8. The van der Waals surface area contributed by atoms with Crippen molar-refractivity contribution in [2.24, 2.45) is 0 Å². The molecule has 0 radical (unpaired) electrons. The third-order valence-corrected chi connectivity index (χ3v) is 3.44. The van der Waals surface area contributed by atoms with Crippen LogP contribution in [0.25, 0.3) is 0 Å². The van der Waals surface area contributed by atoms with E-state index in [0.717, 1.165) is 5.56 Å². The van der Waals surface area contributed by atoms with E-state index in [1.54, 1.807) is 24.3 Å². The van der Waals surface area contributed by atoms with Gasteiger partial charge in [-0.1, -0.05) is 48.2 Å². The predicted octanol–water partition coefficient (Wildman–Crippen LogP) is 2.37. The molecule has 2 atom stereocenters. The van der Waals surface area contributed by atoms with Gasteiger partial charge in [0.15, 0.2) is 6.10 Å². The van der Waals surface area contributed by atoms with Crippen LogP contribution in [0.4, 0.5) is 4.79 Å². The number of amides is 1. The van der Waals surface area contributed by atoms with Gasteiger partial charge < -0.3 is 14.8 Å². The number of rotatable bonds is 3. The second-order valence-electron chi connectivity index (χ2n) is 5.18. The molecule has 120 valence electrons. The average molecular weight is 321 g/mol. The zero-order valence-corrected chi connectivity index (χ0v) is 12.8. The molecule has 3 rings (SSSR count). The van der Waals surface area contributed by atoms with E-state index in [9.17, 15) is 9.59 Å². The molecule has 1 N–H and O–H groups in total. The fourth-order valence-corrected chi connectivity index (χ4v) is 2.21. The Morgan fingerprint density at radius 3 is 2.42 bits per heavy atom. The SMILES string of the molecule is O=C1N[C@@H]([C@H](C#Cc2ccccc2)OC(=O)c2ccccc2)CO1. The van der Waals surface area contributed by atoms with Gasteiger partial charge >= 0.3 is 12.1 Å². The monoisotopic (exact) mass is 321 g/mol. The standard InChI is InChI=1S/C19H15NO4/c21-18(15-9-5-2-6-10-15)24-17(16-13-23-19(22)20-16)12-11-14-7-3-1-4-8-14/h1-10,16-17H,13H2,(H,20,22)/t16-,17+/m1/s1. The zero-order chi connectivity index (χ0) is 16.8. The lowest BCUT2D eigenvalue weighted by atomic mass is 10.1. The molecule has 1 saturated heterocycles. The molecule has 0 spiro atoms. The summed E-state index contributed by atoms with van der Waals surface area (Å²) in [5, 5.41) is 2.61. The van der Waals surface area contributed by atoms with E-state index in [1.807, 2.05) is 36.4 Å². The molecular formula is C19H15NO4. The van der Waals surface area contributed by atoms with Crippen molar-refractivity contribution in [2.75, 3.05) is 6.61 Å². The highest BCUT2D eigenvalue weighted by atomic mass is 16.6. The van der Waals surface area contributed by atoms with E-state index in [4.69, 9.17) is 9.47 Å². The fraction of sp³-hybridized carbons (Fsp3) is 0.158. The van der Waals surface area contributed by atoms with Gasteiger partial charge in [-0.3, -0.25) is 0 Å². The average Bonchev–Trinajstić information content (AvgIpc) is 3.06. The van der Waals surface area contributed by atoms with E-state index in [2.05, 4.69) is 17.2 Å². The van der Waals surface area contributed by atoms with Crippen molar-refractivity contribution in [2.45, 2.75) is 12.1 Å². The van der Waals surface area contributed by atoms with Crippen molar-refractivity contribution >= 4 is 12.1 Å². The van der Waals surface area contributed by atoms with Crippen LogP contribution in [0.3, 0.4) is 0 Å². The molecule has 0 saturated carbocycles. The molecule has 24 heavy (non-hydrogen) atoms. The topological polar surface area (TPSA) is 64.6 Å². The van der Waals surface area contributed by atoms with Gasteiger partial charge in [-0.15, -0.1) is 0 Å². The van der Waals surface area contributed by atoms with Gasteiger partial charge in [0.2, 0.25) is 0 Å². The first-order valence-electron chi connectivity index (χ1n) is 7.48. The van der Waals surface area contributed by atoms with E-state index in [1.165, 1.54) is 0 Å². The number of carbonyl (C=O) groups excluding carboxylic acids is 2. The minimum atomic E-state index is -0.802. The van der Waals surface area contributed by atoms with Crippen molar-refractivity contribution in [1.29, 1.82) is 0 Å². The van der Waals surface area contributed by atoms with Crippen molar-refractivity contribution in [1.82, 2.24) is 5.32 Å². The molecule has 1 aliphatic rings. The van der Waals surface area contributed by atoms with Gasteiger partial charge in [0, 0.05) is 5.56 Å². The molecule has 1 heterocycles. The maximum atomic E-state index is 12.3. The molecule has 5 heteroatoms. The van der Waals surface area contributed by atoms with Gasteiger partial charge in [0.25, 0.3) is 0 Å². The Morgan fingerprint density at radius 1 is 1.12 bits per heavy atom. The highest BCUT2D eigenvalue weighted by Crippen LogP contribution is 2.11. The summed E-state index contributed by atoms with van der Waals surface area (Å²) in [5.74, 6) is 5.37. The number of ether oxygens (including phenoxy) is 2. The first-order chi connectivity index (χ1) is 11.7. The largest absolute Gasteiger partial charge is 0.447 e. The van der Waals surface area contributed by atoms with Crippen LogP contribution in [0, 0.1) is 11.8 Å². The van der Waals surface area contributed by atoms with Gasteiger partial charge in [0.1, 0.15) is 12.6 Å². The lowest BCUT2D eigenvalue weighted by molar-refractivity contribution is 0.0346. The van der Waals surface area contributed by atoms with Gasteiger partial charge in [-0.05, 0) is 24.3 Å². The fourth-order valence-electron chi connectivity index (χ4n) is 2.21. The Kier molecular flexibility index (Phi) is 4.78. The van der Waals surface area contributed by atoms with Crippen LogP contribution in [0.2, 0.25) is 0 Å². The minimum absolute atomic E-state index is 0.106. The molecule has 2 aromatic rings. The highest BCUT2D eigenvalue weighted by Gasteiger charge is 2.32. The summed E-state index contributed by atoms with van der Waals surface area (Å²) in [7, 11) is 0. The molecule has 1 amide bonds. The summed E-state index contributed by atoms with van der Waals surface area (Å²) in [6, 6.07) is 17.5. The van der Waals surface area contributed by atoms with Crippen molar-refractivity contribution in [3.05, 3.63) is 71.8 Å². The Bertz CT molecular complexity index is 777. The summed E-state index contributed by atoms with van der Waals surface area (Å²) >= 11 is 0. The van der Waals surface area contributed by atoms with Crippen LogP contribution in [0.15, 0.2) is 60.7 Å². The van der Waals surface area contributed by atoms with E-state index in [0.29, 0.717) is 5.56 Å². The maximum absolute atomic E-state index is 12.3. The lowest BCUT2D eigenvalue weighted by Crippen LogP contribution is -2.40. The minimum Gasteiger partial charge on any atom is -0.447 e. The summed E-state index contributed by atoms with van der Waals surface area (Å²) in [6.45, 7) is 0.106. The van der Waals surface area contributed by atoms with Crippen molar-refractivity contribution in [3.63, 3.8) is 0 Å². The second-order valence-corrected chi connectivity index (χ2v) is 5.18. The first kappa shape index (κ1) is 15.6. The van der Waals surface area contributed by atoms with Crippen molar-refractivity contribution < 1.29 is 19.1 Å². The van der Waals surface area contributed by atoms with E-state index < -0.39 is 24.2 Å². The van der Waals surface area contributed by atoms with Gasteiger partial charge in [0.05, 0.1) is 5.56 Å². The van der Waals surface area contributed by atoms with Crippen LogP contribution >= 0.6 is 0 Å². The summed E-state index contributed by atoms with van der Waals surface area (Å²) < 4.78 is 10.4. The maximum Gasteiger partial charge on any atom is 0.407 e. The molecule has 0 aromatic heterocycles. The van der Waals surface area contributed by atoms with Gasteiger partial charge in [-0.25, -0.2) is 9.59 Å². The third-order valence-electron chi connectivity index (χ3n) is 3.44. The Hall–Kier alpha value is -3.26. The number of esters is 1. The van der Waals surface area contributed by atoms with Gasteiger partial charge in [-0.2, -0.15) is 0 Å². The molecule has 2 aromatic carbocycles. The number of carbonyl (C=O) groups is 2. The normalized spacial score (nSPS) is 17.0. The van der Waals surface area contributed by atoms with Crippen LogP contribution in [0.5, 0.6) is 0 Å². The van der Waals surface area contributed by atoms with Crippen LogP contribution in [0.1, 0.15) is 15.9 Å². The Morgan fingerprint density at radius 2 is 1.79 bits per heavy atom. The summed E-state index contributed by atoms with van der Waals surface area (Å²) in [6.07, 6.45) is -1.34. The van der Waals surface area contributed by atoms with Crippen LogP contribution in [-0.4, -0.2) is 30.8 Å². The number of hydrogen-bond acceptors (Lipinski definition) is 4. The summed E-state index contributed by atoms with van der Waals surface area (Å²) in [4.78, 5) is 23.5. The highest BCUT2D eigenvalue weighted by molar-refractivity contribution is 5.89. The van der Waals surface area contributed by atoms with Crippen molar-refractivity contribution in [3.8, 4) is 11.8 Å². The van der Waals surface area contributed by atoms with Crippen LogP contribution in [-0.2, 0) is 9.47 Å². The smallest absolute Gasteiger partial charge is 0.407 e. The first-order valence-corrected chi connectivity index (χ1v) is 7.48. The third kappa shape index (κ3) is 3.93. The molecule has 0 aliphatic carbocycles. The second kappa shape index (κ2) is 7.34. The Labute approximate surface area is 139 Å². The number of hydrogen-bond donors (Lipinski definition) is 1. The molecule has 1 aliphatic heterocycles. The predicted molar refractivity (Wildman–Crippen MR) is 87.2 cm³/mol. The molecular weight excluding hydrogens is 306 g/mol. The molecule has 5 nitrogen and oxygen atoms in total. The quantitative estimate of drug-likeness (QED) is 0.696. The van der Waals surface area contributed by atoms with E-state index in [-0.39, 0.29) is 6.61 Å². The Balaban J connectivity index is 1.79. The summed E-state index contributed by atoms with van der Waals surface area (Å²) in [5.41, 5.74) is 1.22. The van der Waals surface area contributed by atoms with E-state index >= 15 is 0 Å². The number of alkyl carbamates (subject to hydrolysis) is 1. The molecule has 1 fully saturated rings. The van der Waals surface area contributed by atoms with Crippen LogP contribution < -0.4 is 5.32 Å². The number of nitrogens with one attached hydrogen (secondary N) is 1.